The fraction of sp³-hybridized carbons (Fsp3) is 0.333. The van der Waals surface area contributed by atoms with Crippen molar-refractivity contribution in [2.24, 2.45) is 0 Å². The molecule has 1 aromatic rings. The Bertz CT molecular complexity index is 393. The quantitative estimate of drug-likeness (QED) is 0.649. The van der Waals surface area contributed by atoms with Crippen LogP contribution in [0.15, 0.2) is 22.7 Å². The van der Waals surface area contributed by atoms with Crippen LogP contribution in [-0.4, -0.2) is 24.1 Å². The van der Waals surface area contributed by atoms with Crippen molar-refractivity contribution in [2.75, 3.05) is 18.4 Å². The third kappa shape index (κ3) is 2.27. The van der Waals surface area contributed by atoms with Gasteiger partial charge in [-0.25, -0.2) is 0 Å². The van der Waals surface area contributed by atoms with E-state index in [9.17, 15) is 10.1 Å². The summed E-state index contributed by atoms with van der Waals surface area (Å²) in [5.74, 6) is 0. The number of halogens is 1. The number of benzene rings is 1. The maximum atomic E-state index is 10.6. The molecule has 0 aliphatic carbocycles. The maximum absolute atomic E-state index is 10.6. The van der Waals surface area contributed by atoms with E-state index in [1.807, 2.05) is 0 Å². The van der Waals surface area contributed by atoms with Gasteiger partial charge in [0.2, 0.25) is 0 Å². The van der Waals surface area contributed by atoms with Crippen molar-refractivity contribution in [3.8, 4) is 0 Å². The van der Waals surface area contributed by atoms with Crippen molar-refractivity contribution in [3.05, 3.63) is 32.8 Å². The van der Waals surface area contributed by atoms with Gasteiger partial charge >= 0.3 is 0 Å². The molecule has 15 heavy (non-hydrogen) atoms. The third-order valence-corrected chi connectivity index (χ3v) is 2.93. The first-order valence-electron chi connectivity index (χ1n) is 4.58. The minimum atomic E-state index is -0.404. The first-order valence-corrected chi connectivity index (χ1v) is 5.37. The lowest BCUT2D eigenvalue weighted by atomic mass is 10.1. The Morgan fingerprint density at radius 2 is 2.27 bits per heavy atom. The van der Waals surface area contributed by atoms with Gasteiger partial charge in [-0.15, -0.1) is 0 Å². The van der Waals surface area contributed by atoms with Crippen LogP contribution in [0.5, 0.6) is 0 Å². The summed E-state index contributed by atoms with van der Waals surface area (Å²) in [7, 11) is 0. The largest absolute Gasteiger partial charge is 0.380 e. The van der Waals surface area contributed by atoms with Gasteiger partial charge in [0.15, 0.2) is 0 Å². The summed E-state index contributed by atoms with van der Waals surface area (Å²) in [6.45, 7) is 1.88. The predicted molar refractivity (Wildman–Crippen MR) is 61.1 cm³/mol. The van der Waals surface area contributed by atoms with Gasteiger partial charge in [-0.05, 0) is 28.1 Å². The Morgan fingerprint density at radius 3 is 2.73 bits per heavy atom. The van der Waals surface area contributed by atoms with Gasteiger partial charge in [-0.3, -0.25) is 10.1 Å². The lowest BCUT2D eigenvalue weighted by Gasteiger charge is -2.28. The zero-order valence-electron chi connectivity index (χ0n) is 7.87. The molecular weight excluding hydrogens is 262 g/mol. The maximum Gasteiger partial charge on any atom is 0.283 e. The highest BCUT2D eigenvalue weighted by atomic mass is 79.9. The minimum absolute atomic E-state index is 0.0901. The van der Waals surface area contributed by atoms with Gasteiger partial charge in [0.25, 0.3) is 5.69 Å². The number of anilines is 1. The average Bonchev–Trinajstić information content (AvgIpc) is 2.11. The van der Waals surface area contributed by atoms with Crippen LogP contribution < -0.4 is 10.6 Å². The molecule has 6 heteroatoms. The van der Waals surface area contributed by atoms with E-state index in [-0.39, 0.29) is 5.69 Å². The van der Waals surface area contributed by atoms with Gasteiger partial charge in [0, 0.05) is 24.8 Å². The second-order valence-corrected chi connectivity index (χ2v) is 4.28. The van der Waals surface area contributed by atoms with Gasteiger partial charge in [-0.2, -0.15) is 0 Å². The number of nitrogens with zero attached hydrogens (tertiary/aromatic N) is 1. The second-order valence-electron chi connectivity index (χ2n) is 3.42. The van der Waals surface area contributed by atoms with E-state index in [1.54, 1.807) is 12.1 Å². The van der Waals surface area contributed by atoms with Crippen LogP contribution in [0.2, 0.25) is 0 Å². The molecule has 1 aromatic carbocycles. The number of rotatable bonds is 3. The highest BCUT2D eigenvalue weighted by Gasteiger charge is 2.17. The lowest BCUT2D eigenvalue weighted by molar-refractivity contribution is -0.385. The predicted octanol–water partition coefficient (Wildman–Crippen LogP) is 1.74. The van der Waals surface area contributed by atoms with Crippen molar-refractivity contribution in [1.82, 2.24) is 5.32 Å². The molecule has 0 radical (unpaired) electrons. The second kappa shape index (κ2) is 4.16. The molecule has 0 spiro atoms. The Hall–Kier alpha value is -1.14. The summed E-state index contributed by atoms with van der Waals surface area (Å²) >= 11 is 3.18. The number of nitro benzene ring substituents is 1. The monoisotopic (exact) mass is 271 g/mol. The number of hydrogen-bond donors (Lipinski definition) is 2. The highest BCUT2D eigenvalue weighted by Crippen LogP contribution is 2.28. The molecule has 0 saturated carbocycles. The summed E-state index contributed by atoms with van der Waals surface area (Å²) < 4.78 is 0.504. The van der Waals surface area contributed by atoms with Crippen LogP contribution in [0.25, 0.3) is 0 Å². The number of nitro groups is 1. The molecule has 0 bridgehead atoms. The molecule has 1 saturated heterocycles. The van der Waals surface area contributed by atoms with Crippen molar-refractivity contribution < 1.29 is 4.92 Å². The fourth-order valence-electron chi connectivity index (χ4n) is 1.37. The van der Waals surface area contributed by atoms with Crippen molar-refractivity contribution in [1.29, 1.82) is 0 Å². The molecule has 0 atom stereocenters. The molecule has 0 aromatic heterocycles. The van der Waals surface area contributed by atoms with Crippen LogP contribution in [-0.2, 0) is 0 Å². The van der Waals surface area contributed by atoms with Crippen LogP contribution in [0, 0.1) is 10.1 Å². The van der Waals surface area contributed by atoms with E-state index in [1.165, 1.54) is 6.07 Å². The van der Waals surface area contributed by atoms with Crippen LogP contribution in [0.4, 0.5) is 11.4 Å². The van der Waals surface area contributed by atoms with Crippen LogP contribution >= 0.6 is 15.9 Å². The topological polar surface area (TPSA) is 67.2 Å². The molecule has 1 aliphatic heterocycles. The molecule has 1 aliphatic rings. The van der Waals surface area contributed by atoms with E-state index >= 15 is 0 Å². The SMILES string of the molecule is O=[N+]([O-])c1ccc(NC2CNC2)cc1Br. The Kier molecular flexibility index (Phi) is 2.88. The van der Waals surface area contributed by atoms with Gasteiger partial charge in [0.1, 0.15) is 0 Å². The summed E-state index contributed by atoms with van der Waals surface area (Å²) in [5, 5.41) is 17.0. The Labute approximate surface area is 95.1 Å². The van der Waals surface area contributed by atoms with E-state index in [2.05, 4.69) is 26.6 Å². The van der Waals surface area contributed by atoms with Crippen molar-refractivity contribution in [2.45, 2.75) is 6.04 Å². The average molecular weight is 272 g/mol. The first-order chi connectivity index (χ1) is 7.16. The first kappa shape index (κ1) is 10.4. The number of hydrogen-bond acceptors (Lipinski definition) is 4. The van der Waals surface area contributed by atoms with Gasteiger partial charge in [-0.1, -0.05) is 0 Å². The summed E-state index contributed by atoms with van der Waals surface area (Å²) in [6.07, 6.45) is 0. The zero-order valence-corrected chi connectivity index (χ0v) is 9.45. The van der Waals surface area contributed by atoms with Crippen molar-refractivity contribution in [3.63, 3.8) is 0 Å². The van der Waals surface area contributed by atoms with Gasteiger partial charge < -0.3 is 10.6 Å². The Morgan fingerprint density at radius 1 is 1.53 bits per heavy atom. The van der Waals surface area contributed by atoms with E-state index in [0.717, 1.165) is 18.8 Å². The third-order valence-electron chi connectivity index (χ3n) is 2.30. The van der Waals surface area contributed by atoms with Gasteiger partial charge in [0.05, 0.1) is 15.4 Å². The molecule has 2 rings (SSSR count). The van der Waals surface area contributed by atoms with E-state index < -0.39 is 4.92 Å². The smallest absolute Gasteiger partial charge is 0.283 e. The van der Waals surface area contributed by atoms with Crippen molar-refractivity contribution >= 4 is 27.3 Å². The molecule has 0 amide bonds. The fourth-order valence-corrected chi connectivity index (χ4v) is 1.89. The lowest BCUT2D eigenvalue weighted by Crippen LogP contribution is -2.51. The summed E-state index contributed by atoms with van der Waals surface area (Å²) in [4.78, 5) is 10.2. The molecule has 1 heterocycles. The molecule has 80 valence electrons. The molecule has 5 nitrogen and oxygen atoms in total. The van der Waals surface area contributed by atoms with Crippen LogP contribution in [0.1, 0.15) is 0 Å². The molecule has 1 fully saturated rings. The zero-order chi connectivity index (χ0) is 10.8. The standard InChI is InChI=1S/C9H10BrN3O2/c10-8-3-6(12-7-4-11-5-7)1-2-9(8)13(14)15/h1-3,7,11-12H,4-5H2. The molecule has 2 N–H and O–H groups in total. The number of nitrogens with one attached hydrogen (secondary N) is 2. The molecule has 0 unspecified atom stereocenters. The highest BCUT2D eigenvalue weighted by molar-refractivity contribution is 9.10. The molecular formula is C9H10BrN3O2. The summed E-state index contributed by atoms with van der Waals surface area (Å²) in [6, 6.07) is 5.38. The van der Waals surface area contributed by atoms with E-state index in [0.29, 0.717) is 10.5 Å². The minimum Gasteiger partial charge on any atom is -0.380 e. The normalized spacial score (nSPS) is 15.8. The summed E-state index contributed by atoms with van der Waals surface area (Å²) in [5.41, 5.74) is 0.992. The van der Waals surface area contributed by atoms with E-state index in [4.69, 9.17) is 0 Å². The Balaban J connectivity index is 2.13. The van der Waals surface area contributed by atoms with Crippen LogP contribution in [0.3, 0.4) is 0 Å².